The number of rotatable bonds is 6. The molecule has 0 heterocycles. The van der Waals surface area contributed by atoms with Crippen LogP contribution in [0.3, 0.4) is 0 Å². The summed E-state index contributed by atoms with van der Waals surface area (Å²) >= 11 is 7.72. The third-order valence-corrected chi connectivity index (χ3v) is 5.38. The summed E-state index contributed by atoms with van der Waals surface area (Å²) in [5.74, 6) is -0.0278. The molecule has 0 aromatic heterocycles. The van der Waals surface area contributed by atoms with Gasteiger partial charge in [0.1, 0.15) is 5.25 Å². The maximum atomic E-state index is 12.9. The van der Waals surface area contributed by atoms with Crippen LogP contribution in [0.25, 0.3) is 0 Å². The fourth-order valence-corrected chi connectivity index (χ4v) is 3.73. The fourth-order valence-electron chi connectivity index (χ4n) is 2.45. The molecule has 3 aromatic carbocycles. The molecule has 0 bridgehead atoms. The van der Waals surface area contributed by atoms with Crippen molar-refractivity contribution in [1.82, 2.24) is 5.32 Å². The Morgan fingerprint density at radius 1 is 0.880 bits per heavy atom. The van der Waals surface area contributed by atoms with E-state index in [1.54, 1.807) is 11.8 Å². The maximum Gasteiger partial charge on any atom is 0.238 e. The molecule has 0 saturated heterocycles. The second kappa shape index (κ2) is 8.75. The van der Waals surface area contributed by atoms with E-state index in [0.717, 1.165) is 16.0 Å². The van der Waals surface area contributed by atoms with Gasteiger partial charge >= 0.3 is 0 Å². The van der Waals surface area contributed by atoms with E-state index in [2.05, 4.69) is 5.32 Å². The van der Waals surface area contributed by atoms with Crippen LogP contribution >= 0.6 is 23.4 Å². The zero-order valence-electron chi connectivity index (χ0n) is 13.6. The Hall–Kier alpha value is -2.23. The van der Waals surface area contributed by atoms with Crippen molar-refractivity contribution < 1.29 is 4.79 Å². The number of halogens is 1. The quantitative estimate of drug-likeness (QED) is 0.583. The predicted octanol–water partition coefficient (Wildman–Crippen LogP) is 5.49. The van der Waals surface area contributed by atoms with E-state index in [0.29, 0.717) is 11.6 Å². The molecule has 3 rings (SSSR count). The molecule has 1 atom stereocenters. The first-order chi connectivity index (χ1) is 12.2. The SMILES string of the molecule is O=C(NCc1ccccc1Cl)[C@H](Sc1ccccc1)c1ccccc1. The van der Waals surface area contributed by atoms with Gasteiger partial charge in [-0.3, -0.25) is 4.79 Å². The number of benzene rings is 3. The van der Waals surface area contributed by atoms with Crippen LogP contribution in [-0.2, 0) is 11.3 Å². The molecule has 0 aliphatic rings. The number of carbonyl (C=O) groups excluding carboxylic acids is 1. The van der Waals surface area contributed by atoms with E-state index >= 15 is 0 Å². The molecule has 3 aromatic rings. The molecule has 0 saturated carbocycles. The molecular formula is C21H18ClNOS. The first-order valence-corrected chi connectivity index (χ1v) is 9.27. The van der Waals surface area contributed by atoms with Crippen molar-refractivity contribution >= 4 is 29.3 Å². The zero-order valence-corrected chi connectivity index (χ0v) is 15.1. The van der Waals surface area contributed by atoms with Gasteiger partial charge in [0.15, 0.2) is 0 Å². The number of thioether (sulfide) groups is 1. The molecule has 25 heavy (non-hydrogen) atoms. The lowest BCUT2D eigenvalue weighted by atomic mass is 10.1. The van der Waals surface area contributed by atoms with Crippen LogP contribution in [0.2, 0.25) is 5.02 Å². The Morgan fingerprint density at radius 2 is 1.48 bits per heavy atom. The van der Waals surface area contributed by atoms with Crippen molar-refractivity contribution in [3.63, 3.8) is 0 Å². The first-order valence-electron chi connectivity index (χ1n) is 8.02. The van der Waals surface area contributed by atoms with E-state index in [4.69, 9.17) is 11.6 Å². The van der Waals surface area contributed by atoms with Gasteiger partial charge in [0.05, 0.1) is 0 Å². The molecule has 2 nitrogen and oxygen atoms in total. The predicted molar refractivity (Wildman–Crippen MR) is 105 cm³/mol. The van der Waals surface area contributed by atoms with Gasteiger partial charge in [-0.1, -0.05) is 78.3 Å². The monoisotopic (exact) mass is 367 g/mol. The van der Waals surface area contributed by atoms with E-state index in [-0.39, 0.29) is 11.2 Å². The Bertz CT molecular complexity index is 824. The Kier molecular flexibility index (Phi) is 6.15. The highest BCUT2D eigenvalue weighted by Gasteiger charge is 2.21. The van der Waals surface area contributed by atoms with Gasteiger partial charge < -0.3 is 5.32 Å². The van der Waals surface area contributed by atoms with Crippen molar-refractivity contribution in [2.75, 3.05) is 0 Å². The maximum absolute atomic E-state index is 12.9. The van der Waals surface area contributed by atoms with Gasteiger partial charge in [-0.2, -0.15) is 0 Å². The third kappa shape index (κ3) is 4.88. The molecule has 1 N–H and O–H groups in total. The standard InChI is InChI=1S/C21H18ClNOS/c22-19-14-8-7-11-17(19)15-23-21(24)20(16-9-3-1-4-10-16)25-18-12-5-2-6-13-18/h1-14,20H,15H2,(H,23,24)/t20-/m1/s1. The minimum Gasteiger partial charge on any atom is -0.351 e. The summed E-state index contributed by atoms with van der Waals surface area (Å²) in [4.78, 5) is 13.9. The number of amides is 1. The second-order valence-electron chi connectivity index (χ2n) is 5.53. The van der Waals surface area contributed by atoms with Gasteiger partial charge in [0.2, 0.25) is 5.91 Å². The van der Waals surface area contributed by atoms with Crippen molar-refractivity contribution in [2.45, 2.75) is 16.7 Å². The minimum atomic E-state index is -0.314. The number of nitrogens with one attached hydrogen (secondary N) is 1. The lowest BCUT2D eigenvalue weighted by molar-refractivity contribution is -0.120. The van der Waals surface area contributed by atoms with E-state index < -0.39 is 0 Å². The fraction of sp³-hybridized carbons (Fsp3) is 0.0952. The van der Waals surface area contributed by atoms with E-state index in [1.807, 2.05) is 84.9 Å². The summed E-state index contributed by atoms with van der Waals surface area (Å²) in [6.07, 6.45) is 0. The van der Waals surface area contributed by atoms with Crippen molar-refractivity contribution in [3.8, 4) is 0 Å². The van der Waals surface area contributed by atoms with Crippen LogP contribution < -0.4 is 5.32 Å². The van der Waals surface area contributed by atoms with Crippen molar-refractivity contribution in [2.24, 2.45) is 0 Å². The summed E-state index contributed by atoms with van der Waals surface area (Å²) in [7, 11) is 0. The highest BCUT2D eigenvalue weighted by atomic mass is 35.5. The largest absolute Gasteiger partial charge is 0.351 e. The van der Waals surface area contributed by atoms with Crippen LogP contribution in [-0.4, -0.2) is 5.91 Å². The van der Waals surface area contributed by atoms with Crippen LogP contribution in [0.1, 0.15) is 16.4 Å². The average molecular weight is 368 g/mol. The zero-order chi connectivity index (χ0) is 17.5. The third-order valence-electron chi connectivity index (χ3n) is 3.75. The van der Waals surface area contributed by atoms with Crippen LogP contribution in [0.15, 0.2) is 89.8 Å². The molecule has 126 valence electrons. The minimum absolute atomic E-state index is 0.0278. The lowest BCUT2D eigenvalue weighted by Gasteiger charge is -2.17. The summed E-state index contributed by atoms with van der Waals surface area (Å²) in [5, 5.41) is 3.36. The molecule has 0 unspecified atom stereocenters. The molecule has 4 heteroatoms. The van der Waals surface area contributed by atoms with Gasteiger partial charge in [-0.05, 0) is 29.3 Å². The Balaban J connectivity index is 1.76. The van der Waals surface area contributed by atoms with Crippen LogP contribution in [0, 0.1) is 0 Å². The number of hydrogen-bond acceptors (Lipinski definition) is 2. The Labute approximate surface area is 157 Å². The molecule has 0 radical (unpaired) electrons. The number of carbonyl (C=O) groups is 1. The van der Waals surface area contributed by atoms with Crippen LogP contribution in [0.4, 0.5) is 0 Å². The summed E-state index contributed by atoms with van der Waals surface area (Å²) in [5.41, 5.74) is 1.89. The number of hydrogen-bond donors (Lipinski definition) is 1. The highest BCUT2D eigenvalue weighted by molar-refractivity contribution is 8.00. The molecule has 0 fully saturated rings. The molecule has 0 aliphatic carbocycles. The van der Waals surface area contributed by atoms with Crippen LogP contribution in [0.5, 0.6) is 0 Å². The molecule has 1 amide bonds. The van der Waals surface area contributed by atoms with Gasteiger partial charge in [0, 0.05) is 16.5 Å². The second-order valence-corrected chi connectivity index (χ2v) is 7.12. The van der Waals surface area contributed by atoms with Crippen molar-refractivity contribution in [3.05, 3.63) is 101 Å². The average Bonchev–Trinajstić information content (AvgIpc) is 2.67. The van der Waals surface area contributed by atoms with E-state index in [9.17, 15) is 4.79 Å². The first kappa shape index (κ1) is 17.6. The topological polar surface area (TPSA) is 29.1 Å². The molecule has 0 aliphatic heterocycles. The smallest absolute Gasteiger partial charge is 0.238 e. The van der Waals surface area contributed by atoms with Crippen molar-refractivity contribution in [1.29, 1.82) is 0 Å². The van der Waals surface area contributed by atoms with Gasteiger partial charge in [-0.25, -0.2) is 0 Å². The Morgan fingerprint density at radius 3 is 2.16 bits per heavy atom. The highest BCUT2D eigenvalue weighted by Crippen LogP contribution is 2.35. The summed E-state index contributed by atoms with van der Waals surface area (Å²) in [6, 6.07) is 27.3. The normalized spacial score (nSPS) is 11.7. The lowest BCUT2D eigenvalue weighted by Crippen LogP contribution is -2.27. The summed E-state index contributed by atoms with van der Waals surface area (Å²) in [6.45, 7) is 0.414. The van der Waals surface area contributed by atoms with Gasteiger partial charge in [0.25, 0.3) is 0 Å². The molecular weight excluding hydrogens is 350 g/mol. The molecule has 0 spiro atoms. The van der Waals surface area contributed by atoms with E-state index in [1.165, 1.54) is 0 Å². The summed E-state index contributed by atoms with van der Waals surface area (Å²) < 4.78 is 0. The van der Waals surface area contributed by atoms with Gasteiger partial charge in [-0.15, -0.1) is 11.8 Å².